The molecular formula is C20H21N3O4. The van der Waals surface area contributed by atoms with Crippen LogP contribution in [0.15, 0.2) is 48.5 Å². The smallest absolute Gasteiger partial charge is 0.259 e. The summed E-state index contributed by atoms with van der Waals surface area (Å²) in [6, 6.07) is 13.3. The Kier molecular flexibility index (Phi) is 5.40. The van der Waals surface area contributed by atoms with Crippen molar-refractivity contribution in [1.82, 2.24) is 4.90 Å². The van der Waals surface area contributed by atoms with Crippen LogP contribution in [0.5, 0.6) is 5.75 Å². The van der Waals surface area contributed by atoms with Gasteiger partial charge in [-0.1, -0.05) is 6.07 Å². The van der Waals surface area contributed by atoms with E-state index in [0.29, 0.717) is 35.5 Å². The summed E-state index contributed by atoms with van der Waals surface area (Å²) in [5.74, 6) is -0.211. The van der Waals surface area contributed by atoms with E-state index in [9.17, 15) is 14.4 Å². The first-order valence-electron chi connectivity index (χ1n) is 8.63. The Morgan fingerprint density at radius 3 is 2.48 bits per heavy atom. The molecule has 0 aromatic heterocycles. The molecule has 27 heavy (non-hydrogen) atoms. The fourth-order valence-electron chi connectivity index (χ4n) is 3.00. The highest BCUT2D eigenvalue weighted by molar-refractivity contribution is 6.06. The first-order valence-corrected chi connectivity index (χ1v) is 8.63. The standard InChI is InChI=1S/C20H21N3O4/c1-27-17-5-2-4-15(12-17)20(26)23(13-22-11-3-6-18(22)24)16-9-7-14(8-10-16)19(21)25/h2,4-5,7-10,12H,3,6,11,13H2,1H3,(H2,21,25). The van der Waals surface area contributed by atoms with Gasteiger partial charge in [-0.05, 0) is 48.9 Å². The third-order valence-corrected chi connectivity index (χ3v) is 4.51. The number of methoxy groups -OCH3 is 1. The minimum atomic E-state index is -0.540. The Balaban J connectivity index is 1.94. The van der Waals surface area contributed by atoms with Gasteiger partial charge in [0.2, 0.25) is 11.8 Å². The highest BCUT2D eigenvalue weighted by Crippen LogP contribution is 2.22. The molecule has 0 saturated carbocycles. The van der Waals surface area contributed by atoms with Crippen molar-refractivity contribution in [3.8, 4) is 5.75 Å². The first kappa shape index (κ1) is 18.4. The molecule has 1 heterocycles. The third kappa shape index (κ3) is 4.08. The lowest BCUT2D eigenvalue weighted by Crippen LogP contribution is -2.42. The number of amides is 3. The molecule has 0 bridgehead atoms. The molecule has 1 aliphatic rings. The second-order valence-corrected chi connectivity index (χ2v) is 6.28. The minimum absolute atomic E-state index is 0.0206. The average Bonchev–Trinajstić information content (AvgIpc) is 3.10. The summed E-state index contributed by atoms with van der Waals surface area (Å²) in [5.41, 5.74) is 6.66. The van der Waals surface area contributed by atoms with Crippen LogP contribution in [0.25, 0.3) is 0 Å². The summed E-state index contributed by atoms with van der Waals surface area (Å²) in [6.07, 6.45) is 1.27. The fourth-order valence-corrected chi connectivity index (χ4v) is 3.00. The fraction of sp³-hybridized carbons (Fsp3) is 0.250. The molecule has 0 radical (unpaired) electrons. The zero-order valence-electron chi connectivity index (χ0n) is 15.1. The van der Waals surface area contributed by atoms with Crippen molar-refractivity contribution >= 4 is 23.4 Å². The number of likely N-dealkylation sites (tertiary alicyclic amines) is 1. The van der Waals surface area contributed by atoms with Crippen LogP contribution in [0.1, 0.15) is 33.6 Å². The number of benzene rings is 2. The van der Waals surface area contributed by atoms with Gasteiger partial charge in [0, 0.05) is 29.8 Å². The van der Waals surface area contributed by atoms with Gasteiger partial charge in [-0.25, -0.2) is 0 Å². The van der Waals surface area contributed by atoms with E-state index in [2.05, 4.69) is 0 Å². The van der Waals surface area contributed by atoms with Crippen LogP contribution in [0.2, 0.25) is 0 Å². The van der Waals surface area contributed by atoms with E-state index < -0.39 is 5.91 Å². The predicted octanol–water partition coefficient (Wildman–Crippen LogP) is 2.02. The SMILES string of the molecule is COc1cccc(C(=O)N(CN2CCCC2=O)c2ccc(C(N)=O)cc2)c1. The highest BCUT2D eigenvalue weighted by Gasteiger charge is 2.26. The van der Waals surface area contributed by atoms with Crippen LogP contribution in [0.4, 0.5) is 5.69 Å². The Morgan fingerprint density at radius 1 is 1.15 bits per heavy atom. The van der Waals surface area contributed by atoms with E-state index in [1.807, 2.05) is 0 Å². The van der Waals surface area contributed by atoms with Crippen molar-refractivity contribution in [3.63, 3.8) is 0 Å². The Hall–Kier alpha value is -3.35. The number of hydrogen-bond donors (Lipinski definition) is 1. The summed E-state index contributed by atoms with van der Waals surface area (Å²) < 4.78 is 5.20. The number of ether oxygens (including phenoxy) is 1. The van der Waals surface area contributed by atoms with Crippen LogP contribution in [0, 0.1) is 0 Å². The lowest BCUT2D eigenvalue weighted by atomic mass is 10.1. The molecule has 0 spiro atoms. The number of carbonyl (C=O) groups excluding carboxylic acids is 3. The Morgan fingerprint density at radius 2 is 1.89 bits per heavy atom. The van der Waals surface area contributed by atoms with Gasteiger partial charge in [0.1, 0.15) is 12.4 Å². The largest absolute Gasteiger partial charge is 0.497 e. The van der Waals surface area contributed by atoms with Crippen molar-refractivity contribution in [2.75, 3.05) is 25.2 Å². The molecule has 7 nitrogen and oxygen atoms in total. The van der Waals surface area contributed by atoms with Crippen LogP contribution < -0.4 is 15.4 Å². The highest BCUT2D eigenvalue weighted by atomic mass is 16.5. The summed E-state index contributed by atoms with van der Waals surface area (Å²) in [4.78, 5) is 39.7. The molecule has 0 atom stereocenters. The first-order chi connectivity index (χ1) is 13.0. The van der Waals surface area contributed by atoms with E-state index in [-0.39, 0.29) is 18.5 Å². The molecule has 2 N–H and O–H groups in total. The van der Waals surface area contributed by atoms with E-state index in [0.717, 1.165) is 6.42 Å². The number of nitrogens with two attached hydrogens (primary N) is 1. The van der Waals surface area contributed by atoms with E-state index in [1.54, 1.807) is 53.4 Å². The molecule has 3 rings (SSSR count). The van der Waals surface area contributed by atoms with E-state index in [1.165, 1.54) is 12.0 Å². The van der Waals surface area contributed by atoms with Crippen LogP contribution in [-0.2, 0) is 4.79 Å². The van der Waals surface area contributed by atoms with Gasteiger partial charge in [-0.2, -0.15) is 0 Å². The molecule has 2 aromatic rings. The molecule has 7 heteroatoms. The summed E-state index contributed by atoms with van der Waals surface area (Å²) in [5, 5.41) is 0. The topological polar surface area (TPSA) is 92.9 Å². The van der Waals surface area contributed by atoms with E-state index >= 15 is 0 Å². The normalized spacial score (nSPS) is 13.5. The van der Waals surface area contributed by atoms with Gasteiger partial charge in [0.05, 0.1) is 7.11 Å². The van der Waals surface area contributed by atoms with Gasteiger partial charge in [-0.15, -0.1) is 0 Å². The number of carbonyl (C=O) groups is 3. The molecule has 1 fully saturated rings. The van der Waals surface area contributed by atoms with Gasteiger partial charge in [0.25, 0.3) is 5.91 Å². The van der Waals surface area contributed by atoms with Crippen molar-refractivity contribution in [2.45, 2.75) is 12.8 Å². The maximum atomic E-state index is 13.2. The van der Waals surface area contributed by atoms with Crippen LogP contribution >= 0.6 is 0 Å². The van der Waals surface area contributed by atoms with Crippen LogP contribution in [-0.4, -0.2) is 42.9 Å². The predicted molar refractivity (Wildman–Crippen MR) is 101 cm³/mol. The zero-order chi connectivity index (χ0) is 19.4. The number of primary amides is 1. The third-order valence-electron chi connectivity index (χ3n) is 4.51. The van der Waals surface area contributed by atoms with Gasteiger partial charge >= 0.3 is 0 Å². The van der Waals surface area contributed by atoms with Gasteiger partial charge in [0.15, 0.2) is 0 Å². The Labute approximate surface area is 157 Å². The van der Waals surface area contributed by atoms with Crippen molar-refractivity contribution < 1.29 is 19.1 Å². The lowest BCUT2D eigenvalue weighted by Gasteiger charge is -2.28. The minimum Gasteiger partial charge on any atom is -0.497 e. The summed E-state index contributed by atoms with van der Waals surface area (Å²) in [6.45, 7) is 0.755. The average molecular weight is 367 g/mol. The van der Waals surface area contributed by atoms with Crippen molar-refractivity contribution in [2.24, 2.45) is 5.73 Å². The Bertz CT molecular complexity index is 864. The second-order valence-electron chi connectivity index (χ2n) is 6.28. The molecular weight excluding hydrogens is 346 g/mol. The lowest BCUT2D eigenvalue weighted by molar-refractivity contribution is -0.127. The van der Waals surface area contributed by atoms with Gasteiger partial charge in [-0.3, -0.25) is 19.3 Å². The quantitative estimate of drug-likeness (QED) is 0.845. The number of hydrogen-bond acceptors (Lipinski definition) is 4. The maximum Gasteiger partial charge on any atom is 0.259 e. The molecule has 140 valence electrons. The molecule has 1 saturated heterocycles. The molecule has 3 amide bonds. The number of rotatable bonds is 6. The molecule has 0 unspecified atom stereocenters. The van der Waals surface area contributed by atoms with Crippen molar-refractivity contribution in [1.29, 1.82) is 0 Å². The van der Waals surface area contributed by atoms with Crippen LogP contribution in [0.3, 0.4) is 0 Å². The summed E-state index contributed by atoms with van der Waals surface area (Å²) in [7, 11) is 1.53. The molecule has 0 aliphatic carbocycles. The number of nitrogens with zero attached hydrogens (tertiary/aromatic N) is 2. The van der Waals surface area contributed by atoms with Gasteiger partial charge < -0.3 is 15.4 Å². The second kappa shape index (κ2) is 7.90. The van der Waals surface area contributed by atoms with Crippen molar-refractivity contribution in [3.05, 3.63) is 59.7 Å². The monoisotopic (exact) mass is 367 g/mol. The number of anilines is 1. The maximum absolute atomic E-state index is 13.2. The van der Waals surface area contributed by atoms with E-state index in [4.69, 9.17) is 10.5 Å². The zero-order valence-corrected chi connectivity index (χ0v) is 15.1. The molecule has 1 aliphatic heterocycles. The molecule has 2 aromatic carbocycles. The summed E-state index contributed by atoms with van der Waals surface area (Å²) >= 11 is 0.